The lowest BCUT2D eigenvalue weighted by atomic mass is 10.1. The van der Waals surface area contributed by atoms with Gasteiger partial charge in [-0.05, 0) is 30.3 Å². The fraction of sp³-hybridized carbons (Fsp3) is 0. The lowest BCUT2D eigenvalue weighted by Crippen LogP contribution is -2.12. The molecule has 2 aromatic heterocycles. The largest absolute Gasteiger partial charge is 0.417 e. The molecule has 1 amide bonds. The van der Waals surface area contributed by atoms with Crippen LogP contribution in [0.2, 0.25) is 0 Å². The quantitative estimate of drug-likeness (QED) is 0.572. The van der Waals surface area contributed by atoms with E-state index in [1.807, 2.05) is 0 Å². The van der Waals surface area contributed by atoms with Crippen molar-refractivity contribution in [3.8, 4) is 11.3 Å². The number of nitrogens with zero attached hydrogens (tertiary/aromatic N) is 1. The van der Waals surface area contributed by atoms with Gasteiger partial charge in [0.15, 0.2) is 22.3 Å². The Morgan fingerprint density at radius 2 is 2.00 bits per heavy atom. The van der Waals surface area contributed by atoms with E-state index in [-0.39, 0.29) is 5.56 Å². The summed E-state index contributed by atoms with van der Waals surface area (Å²) in [5.74, 6) is -3.27. The minimum absolute atomic E-state index is 0.0174. The highest BCUT2D eigenvalue weighted by atomic mass is 32.1. The number of amides is 1. The molecule has 0 fully saturated rings. The number of hydrogen-bond acceptors (Lipinski definition) is 5. The Kier molecular flexibility index (Phi) is 3.85. The number of halogens is 2. The summed E-state index contributed by atoms with van der Waals surface area (Å²) in [5, 5.41) is 4.55. The number of rotatable bonds is 3. The molecule has 26 heavy (non-hydrogen) atoms. The van der Waals surface area contributed by atoms with E-state index in [0.717, 1.165) is 12.1 Å². The van der Waals surface area contributed by atoms with E-state index < -0.39 is 23.3 Å². The van der Waals surface area contributed by atoms with Gasteiger partial charge >= 0.3 is 5.76 Å². The first-order valence-electron chi connectivity index (χ1n) is 7.35. The van der Waals surface area contributed by atoms with E-state index >= 15 is 0 Å². The van der Waals surface area contributed by atoms with Crippen molar-refractivity contribution in [1.29, 1.82) is 0 Å². The van der Waals surface area contributed by atoms with E-state index in [1.54, 1.807) is 23.6 Å². The summed E-state index contributed by atoms with van der Waals surface area (Å²) in [4.78, 5) is 30.2. The number of aromatic nitrogens is 2. The number of carbonyl (C=O) groups is 1. The molecule has 9 heteroatoms. The molecule has 2 N–H and O–H groups in total. The van der Waals surface area contributed by atoms with E-state index in [0.29, 0.717) is 27.5 Å². The summed E-state index contributed by atoms with van der Waals surface area (Å²) >= 11 is 1.17. The Labute approximate surface area is 148 Å². The maximum atomic E-state index is 13.2. The molecule has 4 aromatic rings. The molecule has 0 spiro atoms. The smallest absolute Gasteiger partial charge is 0.408 e. The van der Waals surface area contributed by atoms with Crippen LogP contribution in [0.3, 0.4) is 0 Å². The second-order valence-electron chi connectivity index (χ2n) is 5.35. The Hall–Kier alpha value is -3.33. The average Bonchev–Trinajstić information content (AvgIpc) is 3.21. The van der Waals surface area contributed by atoms with Crippen molar-refractivity contribution >= 4 is 33.5 Å². The van der Waals surface area contributed by atoms with Crippen LogP contribution in [0.1, 0.15) is 10.4 Å². The zero-order valence-electron chi connectivity index (χ0n) is 12.9. The fourth-order valence-electron chi connectivity index (χ4n) is 2.38. The summed E-state index contributed by atoms with van der Waals surface area (Å²) in [6, 6.07) is 7.99. The van der Waals surface area contributed by atoms with E-state index in [2.05, 4.69) is 15.3 Å². The molecule has 0 bridgehead atoms. The van der Waals surface area contributed by atoms with Crippen LogP contribution in [0.15, 0.2) is 51.0 Å². The number of aromatic amines is 1. The molecule has 2 heterocycles. The first-order valence-corrected chi connectivity index (χ1v) is 8.23. The van der Waals surface area contributed by atoms with Gasteiger partial charge in [0.25, 0.3) is 5.91 Å². The van der Waals surface area contributed by atoms with Crippen molar-refractivity contribution in [3.05, 3.63) is 69.5 Å². The summed E-state index contributed by atoms with van der Waals surface area (Å²) < 4.78 is 31.2. The minimum Gasteiger partial charge on any atom is -0.408 e. The summed E-state index contributed by atoms with van der Waals surface area (Å²) in [5.41, 5.74) is 2.22. The number of carbonyl (C=O) groups excluding carboxylic acids is 1. The number of anilines is 1. The first-order chi connectivity index (χ1) is 12.5. The predicted octanol–water partition coefficient (Wildman–Crippen LogP) is 3.78. The molecule has 2 aromatic carbocycles. The van der Waals surface area contributed by atoms with Crippen LogP contribution in [0.5, 0.6) is 0 Å². The molecule has 4 rings (SSSR count). The van der Waals surface area contributed by atoms with Crippen molar-refractivity contribution < 1.29 is 18.0 Å². The zero-order chi connectivity index (χ0) is 18.3. The summed E-state index contributed by atoms with van der Waals surface area (Å²) in [6.07, 6.45) is 0. The summed E-state index contributed by atoms with van der Waals surface area (Å²) in [7, 11) is 0. The number of H-pyrrole nitrogens is 1. The van der Waals surface area contributed by atoms with Gasteiger partial charge in [-0.1, -0.05) is 6.07 Å². The number of hydrogen-bond donors (Lipinski definition) is 2. The number of benzene rings is 2. The Balaban J connectivity index is 1.57. The third-order valence-electron chi connectivity index (χ3n) is 3.62. The van der Waals surface area contributed by atoms with E-state index in [4.69, 9.17) is 4.42 Å². The van der Waals surface area contributed by atoms with Crippen LogP contribution >= 0.6 is 11.3 Å². The monoisotopic (exact) mass is 373 g/mol. The van der Waals surface area contributed by atoms with Gasteiger partial charge in [0, 0.05) is 16.5 Å². The van der Waals surface area contributed by atoms with Gasteiger partial charge in [-0.25, -0.2) is 18.6 Å². The predicted molar refractivity (Wildman–Crippen MR) is 92.3 cm³/mol. The highest BCUT2D eigenvalue weighted by molar-refractivity contribution is 7.14. The van der Waals surface area contributed by atoms with Gasteiger partial charge in [-0.15, -0.1) is 11.3 Å². The lowest BCUT2D eigenvalue weighted by molar-refractivity contribution is 0.102. The van der Waals surface area contributed by atoms with E-state index in [9.17, 15) is 18.4 Å². The number of nitrogens with one attached hydrogen (secondary N) is 2. The van der Waals surface area contributed by atoms with Crippen LogP contribution in [0, 0.1) is 11.6 Å². The molecule has 0 aliphatic heterocycles. The molecule has 0 atom stereocenters. The normalized spacial score (nSPS) is 11.0. The number of fused-ring (bicyclic) bond motifs is 1. The van der Waals surface area contributed by atoms with E-state index in [1.165, 1.54) is 17.4 Å². The molecular formula is C17H9F2N3O3S. The molecule has 6 nitrogen and oxygen atoms in total. The highest BCUT2D eigenvalue weighted by Crippen LogP contribution is 2.27. The third-order valence-corrected chi connectivity index (χ3v) is 4.38. The van der Waals surface area contributed by atoms with Crippen LogP contribution in [0.4, 0.5) is 13.9 Å². The van der Waals surface area contributed by atoms with Gasteiger partial charge in [-0.3, -0.25) is 15.1 Å². The molecule has 130 valence electrons. The maximum absolute atomic E-state index is 13.2. The lowest BCUT2D eigenvalue weighted by Gasteiger charge is -2.02. The number of oxazole rings is 1. The van der Waals surface area contributed by atoms with Gasteiger partial charge in [0.1, 0.15) is 0 Å². The molecule has 0 saturated carbocycles. The van der Waals surface area contributed by atoms with Crippen molar-refractivity contribution in [2.75, 3.05) is 5.32 Å². The van der Waals surface area contributed by atoms with Crippen LogP contribution in [-0.4, -0.2) is 15.9 Å². The van der Waals surface area contributed by atoms with Crippen molar-refractivity contribution in [1.82, 2.24) is 9.97 Å². The molecule has 0 unspecified atom stereocenters. The highest BCUT2D eigenvalue weighted by Gasteiger charge is 2.13. The Morgan fingerprint density at radius 3 is 2.81 bits per heavy atom. The van der Waals surface area contributed by atoms with Crippen molar-refractivity contribution in [3.63, 3.8) is 0 Å². The molecular weight excluding hydrogens is 364 g/mol. The standard InChI is InChI=1S/C17H9F2N3O3S/c18-10-3-1-9(5-11(10)19)15(23)22-16-20-13(7-26-16)8-2-4-12-14(6-8)25-17(24)21-12/h1-7H,(H,21,24)(H,20,22,23). The molecule has 0 aliphatic carbocycles. The Bertz CT molecular complexity index is 1200. The number of thiazole rings is 1. The maximum Gasteiger partial charge on any atom is 0.417 e. The third kappa shape index (κ3) is 3.00. The summed E-state index contributed by atoms with van der Waals surface area (Å²) in [6.45, 7) is 0. The van der Waals surface area contributed by atoms with Gasteiger partial charge < -0.3 is 4.42 Å². The second kappa shape index (κ2) is 6.19. The zero-order valence-corrected chi connectivity index (χ0v) is 13.7. The van der Waals surface area contributed by atoms with Crippen LogP contribution in [0.25, 0.3) is 22.4 Å². The average molecular weight is 373 g/mol. The molecule has 0 saturated heterocycles. The SMILES string of the molecule is O=C(Nc1nc(-c2ccc3[nH]c(=O)oc3c2)cs1)c1ccc(F)c(F)c1. The van der Waals surface area contributed by atoms with Crippen LogP contribution in [-0.2, 0) is 0 Å². The second-order valence-corrected chi connectivity index (χ2v) is 6.20. The molecule has 0 radical (unpaired) electrons. The topological polar surface area (TPSA) is 88.0 Å². The molecule has 0 aliphatic rings. The first kappa shape index (κ1) is 16.2. The Morgan fingerprint density at radius 1 is 1.15 bits per heavy atom. The van der Waals surface area contributed by atoms with Crippen LogP contribution < -0.4 is 11.1 Å². The van der Waals surface area contributed by atoms with Gasteiger partial charge in [-0.2, -0.15) is 0 Å². The fourth-order valence-corrected chi connectivity index (χ4v) is 3.09. The van der Waals surface area contributed by atoms with Crippen molar-refractivity contribution in [2.24, 2.45) is 0 Å². The van der Waals surface area contributed by atoms with Gasteiger partial charge in [0.05, 0.1) is 11.2 Å². The van der Waals surface area contributed by atoms with Crippen molar-refractivity contribution in [2.45, 2.75) is 0 Å². The van der Waals surface area contributed by atoms with Gasteiger partial charge in [0.2, 0.25) is 0 Å². The minimum atomic E-state index is -1.10.